The Labute approximate surface area is 163 Å². The summed E-state index contributed by atoms with van der Waals surface area (Å²) in [7, 11) is 0. The highest BCUT2D eigenvalue weighted by molar-refractivity contribution is 5.97. The molecule has 2 heterocycles. The van der Waals surface area contributed by atoms with E-state index >= 15 is 0 Å². The number of furan rings is 1. The van der Waals surface area contributed by atoms with Gasteiger partial charge in [-0.1, -0.05) is 17.7 Å². The molecule has 1 unspecified atom stereocenters. The molecule has 0 bridgehead atoms. The van der Waals surface area contributed by atoms with Crippen molar-refractivity contribution in [2.24, 2.45) is 0 Å². The topological polar surface area (TPSA) is 86.4 Å². The van der Waals surface area contributed by atoms with Gasteiger partial charge in [-0.3, -0.25) is 9.48 Å². The van der Waals surface area contributed by atoms with Crippen molar-refractivity contribution in [3.8, 4) is 0 Å². The number of nitrogens with one attached hydrogen (secondary N) is 1. The third kappa shape index (κ3) is 4.49. The van der Waals surface area contributed by atoms with Gasteiger partial charge in [0.25, 0.3) is 5.91 Å². The van der Waals surface area contributed by atoms with Crippen molar-refractivity contribution in [2.45, 2.75) is 40.3 Å². The van der Waals surface area contributed by atoms with Gasteiger partial charge in [0, 0.05) is 18.1 Å². The van der Waals surface area contributed by atoms with Crippen molar-refractivity contribution in [3.63, 3.8) is 0 Å². The minimum absolute atomic E-state index is 0.0458. The largest absolute Gasteiger partial charge is 0.452 e. The molecular formula is C21H23N3O4. The van der Waals surface area contributed by atoms with Crippen LogP contribution in [0.25, 0.3) is 0 Å². The van der Waals surface area contributed by atoms with Crippen LogP contribution in [0.2, 0.25) is 0 Å². The van der Waals surface area contributed by atoms with Crippen LogP contribution >= 0.6 is 0 Å². The number of carbonyl (C=O) groups excluding carboxylic acids is 2. The smallest absolute Gasteiger partial charge is 0.375 e. The summed E-state index contributed by atoms with van der Waals surface area (Å²) in [6.07, 6.45) is 2.49. The molecule has 0 aliphatic rings. The lowest BCUT2D eigenvalue weighted by atomic mass is 10.0. The number of nitrogens with zero attached hydrogens (tertiary/aromatic N) is 2. The quantitative estimate of drug-likeness (QED) is 0.659. The molecule has 1 aromatic carbocycles. The van der Waals surface area contributed by atoms with E-state index < -0.39 is 18.0 Å². The van der Waals surface area contributed by atoms with Crippen LogP contribution in [0.1, 0.15) is 39.9 Å². The van der Waals surface area contributed by atoms with E-state index in [4.69, 9.17) is 9.15 Å². The van der Waals surface area contributed by atoms with Crippen LogP contribution < -0.4 is 5.32 Å². The molecule has 1 atom stereocenters. The lowest BCUT2D eigenvalue weighted by molar-refractivity contribution is -0.123. The van der Waals surface area contributed by atoms with E-state index in [2.05, 4.69) is 10.4 Å². The standard InChI is InChI=1S/C21H23N3O4/c1-13-10-14(2)19(15(3)11-13)23-20(25)16(4)27-21(26)18-7-6-17(28-18)12-24-9-5-8-22-24/h5-11,16H,12H2,1-4H3,(H,23,25). The van der Waals surface area contributed by atoms with E-state index in [-0.39, 0.29) is 5.76 Å². The Bertz CT molecular complexity index is 966. The maximum absolute atomic E-state index is 12.5. The first kappa shape index (κ1) is 19.4. The summed E-state index contributed by atoms with van der Waals surface area (Å²) in [5.74, 6) is -0.471. The Balaban J connectivity index is 1.61. The third-order valence-electron chi connectivity index (χ3n) is 4.32. The molecule has 0 saturated carbocycles. The molecule has 0 aliphatic carbocycles. The Morgan fingerprint density at radius 3 is 2.57 bits per heavy atom. The molecule has 1 amide bonds. The highest BCUT2D eigenvalue weighted by Gasteiger charge is 2.22. The highest BCUT2D eigenvalue weighted by atomic mass is 16.6. The van der Waals surface area contributed by atoms with Crippen molar-refractivity contribution in [2.75, 3.05) is 5.32 Å². The average molecular weight is 381 g/mol. The number of benzene rings is 1. The van der Waals surface area contributed by atoms with Gasteiger partial charge in [0.2, 0.25) is 5.76 Å². The van der Waals surface area contributed by atoms with Crippen LogP contribution in [0.3, 0.4) is 0 Å². The fraction of sp³-hybridized carbons (Fsp3) is 0.286. The SMILES string of the molecule is Cc1cc(C)c(NC(=O)C(C)OC(=O)c2ccc(Cn3cccn3)o2)c(C)c1. The van der Waals surface area contributed by atoms with Gasteiger partial charge < -0.3 is 14.5 Å². The molecule has 1 N–H and O–H groups in total. The van der Waals surface area contributed by atoms with Crippen molar-refractivity contribution in [1.29, 1.82) is 0 Å². The van der Waals surface area contributed by atoms with E-state index in [1.165, 1.54) is 13.0 Å². The van der Waals surface area contributed by atoms with Crippen molar-refractivity contribution < 1.29 is 18.7 Å². The van der Waals surface area contributed by atoms with Crippen LogP contribution in [0.15, 0.2) is 47.1 Å². The number of hydrogen-bond acceptors (Lipinski definition) is 5. The van der Waals surface area contributed by atoms with E-state index in [1.807, 2.05) is 32.9 Å². The first-order chi connectivity index (χ1) is 13.3. The van der Waals surface area contributed by atoms with Gasteiger partial charge in [0.05, 0.1) is 6.54 Å². The van der Waals surface area contributed by atoms with Gasteiger partial charge in [-0.05, 0) is 57.0 Å². The van der Waals surface area contributed by atoms with Crippen molar-refractivity contribution in [1.82, 2.24) is 9.78 Å². The summed E-state index contributed by atoms with van der Waals surface area (Å²) >= 11 is 0. The highest BCUT2D eigenvalue weighted by Crippen LogP contribution is 2.22. The predicted molar refractivity (Wildman–Crippen MR) is 104 cm³/mol. The van der Waals surface area contributed by atoms with E-state index in [0.717, 1.165) is 22.4 Å². The zero-order valence-electron chi connectivity index (χ0n) is 16.4. The first-order valence-electron chi connectivity index (χ1n) is 8.99. The molecule has 7 nitrogen and oxygen atoms in total. The second-order valence-electron chi connectivity index (χ2n) is 6.78. The monoisotopic (exact) mass is 381 g/mol. The van der Waals surface area contributed by atoms with Crippen LogP contribution in [-0.4, -0.2) is 27.8 Å². The first-order valence-corrected chi connectivity index (χ1v) is 8.99. The minimum atomic E-state index is -0.965. The minimum Gasteiger partial charge on any atom is -0.452 e. The van der Waals surface area contributed by atoms with E-state index in [0.29, 0.717) is 12.3 Å². The maximum atomic E-state index is 12.5. The van der Waals surface area contributed by atoms with Gasteiger partial charge in [-0.25, -0.2) is 4.79 Å². The molecule has 0 radical (unpaired) electrons. The Kier molecular flexibility index (Phi) is 5.63. The maximum Gasteiger partial charge on any atom is 0.375 e. The number of rotatable bonds is 6. The lowest BCUT2D eigenvalue weighted by Gasteiger charge is -2.16. The molecule has 28 heavy (non-hydrogen) atoms. The second kappa shape index (κ2) is 8.12. The van der Waals surface area contributed by atoms with E-state index in [9.17, 15) is 9.59 Å². The molecule has 3 rings (SSSR count). The number of ether oxygens (including phenoxy) is 1. The van der Waals surface area contributed by atoms with E-state index in [1.54, 1.807) is 29.2 Å². The summed E-state index contributed by atoms with van der Waals surface area (Å²) in [5, 5.41) is 6.92. The average Bonchev–Trinajstić information content (AvgIpc) is 3.30. The lowest BCUT2D eigenvalue weighted by Crippen LogP contribution is -2.30. The molecule has 2 aromatic heterocycles. The normalized spacial score (nSPS) is 11.9. The molecular weight excluding hydrogens is 358 g/mol. The zero-order valence-corrected chi connectivity index (χ0v) is 16.4. The summed E-state index contributed by atoms with van der Waals surface area (Å²) in [6.45, 7) is 7.79. The molecule has 146 valence electrons. The Hall–Kier alpha value is -3.35. The van der Waals surface area contributed by atoms with Gasteiger partial charge in [-0.2, -0.15) is 5.10 Å². The summed E-state index contributed by atoms with van der Waals surface area (Å²) in [4.78, 5) is 24.7. The Morgan fingerprint density at radius 2 is 1.93 bits per heavy atom. The molecule has 0 fully saturated rings. The predicted octanol–water partition coefficient (Wildman–Crippen LogP) is 3.63. The number of hydrogen-bond donors (Lipinski definition) is 1. The number of aromatic nitrogens is 2. The molecule has 0 spiro atoms. The van der Waals surface area contributed by atoms with Gasteiger partial charge in [0.1, 0.15) is 5.76 Å². The second-order valence-corrected chi connectivity index (χ2v) is 6.78. The number of carbonyl (C=O) groups is 2. The van der Waals surface area contributed by atoms with Crippen LogP contribution in [0, 0.1) is 20.8 Å². The van der Waals surface area contributed by atoms with Crippen molar-refractivity contribution >= 4 is 17.6 Å². The van der Waals surface area contributed by atoms with Crippen molar-refractivity contribution in [3.05, 3.63) is 70.9 Å². The van der Waals surface area contributed by atoms with Crippen LogP contribution in [-0.2, 0) is 16.1 Å². The molecule has 3 aromatic rings. The summed E-state index contributed by atoms with van der Waals surface area (Å²) < 4.78 is 12.4. The number of aryl methyl sites for hydroxylation is 3. The number of esters is 1. The molecule has 7 heteroatoms. The number of amides is 1. The fourth-order valence-electron chi connectivity index (χ4n) is 3.00. The summed E-state index contributed by atoms with van der Waals surface area (Å²) in [6, 6.07) is 8.99. The third-order valence-corrected chi connectivity index (χ3v) is 4.32. The zero-order chi connectivity index (χ0) is 20.3. The Morgan fingerprint density at radius 1 is 1.21 bits per heavy atom. The molecule has 0 saturated heterocycles. The van der Waals surface area contributed by atoms with Gasteiger partial charge in [0.15, 0.2) is 6.10 Å². The number of anilines is 1. The molecule has 0 aliphatic heterocycles. The fourth-order valence-corrected chi connectivity index (χ4v) is 3.00. The summed E-state index contributed by atoms with van der Waals surface area (Å²) in [5.41, 5.74) is 3.77. The van der Waals surface area contributed by atoms with Gasteiger partial charge >= 0.3 is 5.97 Å². The van der Waals surface area contributed by atoms with Crippen LogP contribution in [0.4, 0.5) is 5.69 Å². The van der Waals surface area contributed by atoms with Gasteiger partial charge in [-0.15, -0.1) is 0 Å². The van der Waals surface area contributed by atoms with Crippen LogP contribution in [0.5, 0.6) is 0 Å².